The fourth-order valence-corrected chi connectivity index (χ4v) is 2.20. The van der Waals surface area contributed by atoms with Gasteiger partial charge in [-0.1, -0.05) is 31.7 Å². The van der Waals surface area contributed by atoms with Crippen LogP contribution >= 0.6 is 0 Å². The molecule has 1 aromatic rings. The molecule has 0 bridgehead atoms. The Morgan fingerprint density at radius 3 is 3.06 bits per heavy atom. The number of anilines is 1. The van der Waals surface area contributed by atoms with Crippen LogP contribution in [0.2, 0.25) is 0 Å². The van der Waals surface area contributed by atoms with Crippen molar-refractivity contribution in [2.45, 2.75) is 13.3 Å². The summed E-state index contributed by atoms with van der Waals surface area (Å²) >= 11 is 0. The summed E-state index contributed by atoms with van der Waals surface area (Å²) < 4.78 is 0. The van der Waals surface area contributed by atoms with Crippen molar-refractivity contribution in [3.05, 3.63) is 42.0 Å². The molecule has 2 rings (SSSR count). The average molecular weight is 216 g/mol. The van der Waals surface area contributed by atoms with Crippen molar-refractivity contribution < 1.29 is 0 Å². The van der Waals surface area contributed by atoms with E-state index in [1.165, 1.54) is 23.2 Å². The van der Waals surface area contributed by atoms with E-state index in [1.807, 2.05) is 0 Å². The van der Waals surface area contributed by atoms with E-state index in [4.69, 9.17) is 0 Å². The van der Waals surface area contributed by atoms with Crippen molar-refractivity contribution in [1.29, 1.82) is 0 Å². The lowest BCUT2D eigenvalue weighted by atomic mass is 10.2. The lowest BCUT2D eigenvalue weighted by Gasteiger charge is -2.20. The van der Waals surface area contributed by atoms with E-state index in [-0.39, 0.29) is 0 Å². The van der Waals surface area contributed by atoms with Gasteiger partial charge in [0.2, 0.25) is 0 Å². The normalized spacial score (nSPS) is 13.9. The average Bonchev–Trinajstić information content (AvgIpc) is 2.70. The van der Waals surface area contributed by atoms with Crippen molar-refractivity contribution in [1.82, 2.24) is 5.32 Å². The molecular weight excluding hydrogens is 196 g/mol. The Kier molecular flexibility index (Phi) is 3.62. The van der Waals surface area contributed by atoms with E-state index in [0.29, 0.717) is 0 Å². The molecule has 0 saturated heterocycles. The molecule has 86 valence electrons. The Labute approximate surface area is 98.0 Å². The third kappa shape index (κ3) is 2.45. The van der Waals surface area contributed by atoms with Crippen LogP contribution in [0.3, 0.4) is 0 Å². The quantitative estimate of drug-likeness (QED) is 0.759. The molecule has 0 spiro atoms. The highest BCUT2D eigenvalue weighted by atomic mass is 15.1. The van der Waals surface area contributed by atoms with Crippen molar-refractivity contribution >= 4 is 5.69 Å². The Morgan fingerprint density at radius 2 is 2.25 bits per heavy atom. The highest BCUT2D eigenvalue weighted by Crippen LogP contribution is 2.27. The number of rotatable bonds is 5. The van der Waals surface area contributed by atoms with Crippen LogP contribution < -0.4 is 10.2 Å². The topological polar surface area (TPSA) is 15.3 Å². The molecule has 1 aromatic carbocycles. The molecule has 0 fully saturated rings. The summed E-state index contributed by atoms with van der Waals surface area (Å²) in [6, 6.07) is 8.67. The van der Waals surface area contributed by atoms with Crippen molar-refractivity contribution in [3.63, 3.8) is 0 Å². The van der Waals surface area contributed by atoms with Gasteiger partial charge in [-0.25, -0.2) is 0 Å². The zero-order valence-electron chi connectivity index (χ0n) is 10.00. The van der Waals surface area contributed by atoms with Gasteiger partial charge in [-0.2, -0.15) is 0 Å². The minimum atomic E-state index is 0.926. The van der Waals surface area contributed by atoms with Crippen molar-refractivity contribution in [2.75, 3.05) is 31.1 Å². The predicted octanol–water partition coefficient (Wildman–Crippen LogP) is 2.21. The molecule has 0 radical (unpaired) electrons. The molecule has 0 aliphatic carbocycles. The van der Waals surface area contributed by atoms with Crippen molar-refractivity contribution in [3.8, 4) is 0 Å². The van der Waals surface area contributed by atoms with Crippen LogP contribution in [0.15, 0.2) is 36.4 Å². The SMILES string of the molecule is C=C(CNCC)CN1CCc2ccccc21. The van der Waals surface area contributed by atoms with E-state index >= 15 is 0 Å². The molecule has 0 unspecified atom stereocenters. The van der Waals surface area contributed by atoms with E-state index in [9.17, 15) is 0 Å². The van der Waals surface area contributed by atoms with Gasteiger partial charge in [0, 0.05) is 25.3 Å². The summed E-state index contributed by atoms with van der Waals surface area (Å²) in [6.07, 6.45) is 1.17. The van der Waals surface area contributed by atoms with Crippen LogP contribution in [0.5, 0.6) is 0 Å². The summed E-state index contributed by atoms with van der Waals surface area (Å²) in [5.41, 5.74) is 4.12. The van der Waals surface area contributed by atoms with E-state index in [0.717, 1.165) is 26.2 Å². The maximum Gasteiger partial charge on any atom is 0.0402 e. The molecule has 0 amide bonds. The van der Waals surface area contributed by atoms with Gasteiger partial charge in [-0.15, -0.1) is 0 Å². The first-order valence-electron chi connectivity index (χ1n) is 6.01. The van der Waals surface area contributed by atoms with Crippen LogP contribution in [0.25, 0.3) is 0 Å². The second kappa shape index (κ2) is 5.17. The molecule has 16 heavy (non-hydrogen) atoms. The maximum atomic E-state index is 4.12. The lowest BCUT2D eigenvalue weighted by molar-refractivity contribution is 0.751. The van der Waals surface area contributed by atoms with Gasteiger partial charge in [-0.3, -0.25) is 0 Å². The lowest BCUT2D eigenvalue weighted by Crippen LogP contribution is -2.27. The van der Waals surface area contributed by atoms with E-state index in [2.05, 4.69) is 48.0 Å². The molecule has 0 aromatic heterocycles. The summed E-state index contributed by atoms with van der Waals surface area (Å²) in [5.74, 6) is 0. The molecule has 1 N–H and O–H groups in total. The second-order valence-electron chi connectivity index (χ2n) is 4.33. The third-order valence-corrected chi connectivity index (χ3v) is 3.02. The number of benzene rings is 1. The zero-order valence-corrected chi connectivity index (χ0v) is 10.00. The number of nitrogens with one attached hydrogen (secondary N) is 1. The third-order valence-electron chi connectivity index (χ3n) is 3.02. The molecule has 0 atom stereocenters. The number of hydrogen-bond acceptors (Lipinski definition) is 2. The highest BCUT2D eigenvalue weighted by Gasteiger charge is 2.18. The van der Waals surface area contributed by atoms with E-state index in [1.54, 1.807) is 0 Å². The minimum Gasteiger partial charge on any atom is -0.367 e. The van der Waals surface area contributed by atoms with Gasteiger partial charge >= 0.3 is 0 Å². The van der Waals surface area contributed by atoms with Crippen LogP contribution in [0, 0.1) is 0 Å². The molecule has 0 saturated carbocycles. The first-order valence-corrected chi connectivity index (χ1v) is 6.01. The van der Waals surface area contributed by atoms with Gasteiger partial charge in [0.1, 0.15) is 0 Å². The summed E-state index contributed by atoms with van der Waals surface area (Å²) in [6.45, 7) is 10.3. The first kappa shape index (κ1) is 11.2. The standard InChI is InChI=1S/C14H20N2/c1-3-15-10-12(2)11-16-9-8-13-6-4-5-7-14(13)16/h4-7,15H,2-3,8-11H2,1H3. The smallest absolute Gasteiger partial charge is 0.0402 e. The zero-order chi connectivity index (χ0) is 11.4. The van der Waals surface area contributed by atoms with Gasteiger partial charge < -0.3 is 10.2 Å². The molecule has 1 aliphatic rings. The number of likely N-dealkylation sites (N-methyl/N-ethyl adjacent to an activating group) is 1. The Hall–Kier alpha value is -1.28. The Morgan fingerprint density at radius 1 is 1.44 bits per heavy atom. The number of hydrogen-bond donors (Lipinski definition) is 1. The largest absolute Gasteiger partial charge is 0.367 e. The molecular formula is C14H20N2. The minimum absolute atomic E-state index is 0.926. The second-order valence-corrected chi connectivity index (χ2v) is 4.33. The fraction of sp³-hybridized carbons (Fsp3) is 0.429. The first-order chi connectivity index (χ1) is 7.81. The number of para-hydroxylation sites is 1. The van der Waals surface area contributed by atoms with Crippen LogP contribution in [-0.2, 0) is 6.42 Å². The maximum absolute atomic E-state index is 4.12. The van der Waals surface area contributed by atoms with Crippen LogP contribution in [-0.4, -0.2) is 26.2 Å². The van der Waals surface area contributed by atoms with E-state index < -0.39 is 0 Å². The molecule has 2 heteroatoms. The summed E-state index contributed by atoms with van der Waals surface area (Å²) in [4.78, 5) is 2.43. The Balaban J connectivity index is 1.95. The number of fused-ring (bicyclic) bond motifs is 1. The van der Waals surface area contributed by atoms with Crippen LogP contribution in [0.4, 0.5) is 5.69 Å². The molecule has 1 heterocycles. The summed E-state index contributed by atoms with van der Waals surface area (Å²) in [7, 11) is 0. The van der Waals surface area contributed by atoms with Gasteiger partial charge in [0.25, 0.3) is 0 Å². The molecule has 1 aliphatic heterocycles. The Bertz CT molecular complexity index is 371. The highest BCUT2D eigenvalue weighted by molar-refractivity contribution is 5.58. The van der Waals surface area contributed by atoms with Crippen molar-refractivity contribution in [2.24, 2.45) is 0 Å². The molecule has 2 nitrogen and oxygen atoms in total. The van der Waals surface area contributed by atoms with Crippen LogP contribution in [0.1, 0.15) is 12.5 Å². The van der Waals surface area contributed by atoms with Gasteiger partial charge in [0.05, 0.1) is 0 Å². The van der Waals surface area contributed by atoms with Gasteiger partial charge in [-0.05, 0) is 30.2 Å². The fourth-order valence-electron chi connectivity index (χ4n) is 2.20. The number of nitrogens with zero attached hydrogens (tertiary/aromatic N) is 1. The predicted molar refractivity (Wildman–Crippen MR) is 70.0 cm³/mol. The summed E-state index contributed by atoms with van der Waals surface area (Å²) in [5, 5.41) is 3.32. The van der Waals surface area contributed by atoms with Gasteiger partial charge in [0.15, 0.2) is 0 Å². The monoisotopic (exact) mass is 216 g/mol.